The van der Waals surface area contributed by atoms with Crippen molar-refractivity contribution in [1.82, 2.24) is 15.0 Å². The van der Waals surface area contributed by atoms with E-state index in [4.69, 9.17) is 0 Å². The standard InChI is InChI=1S/C17H14FN5/c1-11-5-13(18)6-15-16(11)22-8-12(7-19)17(15)23(2)10-14-9-20-3-4-21-14/h3-6,8-9H,10H2,1-2H3. The molecule has 114 valence electrons. The Labute approximate surface area is 133 Å². The van der Waals surface area contributed by atoms with E-state index in [0.29, 0.717) is 28.7 Å². The lowest BCUT2D eigenvalue weighted by Gasteiger charge is -2.22. The minimum Gasteiger partial charge on any atom is -0.367 e. The first-order valence-electron chi connectivity index (χ1n) is 7.05. The first-order valence-corrected chi connectivity index (χ1v) is 7.05. The fourth-order valence-corrected chi connectivity index (χ4v) is 2.65. The molecule has 0 aliphatic heterocycles. The maximum Gasteiger partial charge on any atom is 0.124 e. The zero-order chi connectivity index (χ0) is 16.4. The zero-order valence-corrected chi connectivity index (χ0v) is 12.8. The first kappa shape index (κ1) is 14.9. The molecule has 1 aromatic carbocycles. The van der Waals surface area contributed by atoms with Gasteiger partial charge in [-0.15, -0.1) is 0 Å². The third-order valence-electron chi connectivity index (χ3n) is 3.62. The number of nitriles is 1. The number of fused-ring (bicyclic) bond motifs is 1. The van der Waals surface area contributed by atoms with E-state index in [2.05, 4.69) is 21.0 Å². The minimum absolute atomic E-state index is 0.346. The van der Waals surface area contributed by atoms with E-state index in [9.17, 15) is 9.65 Å². The molecule has 5 nitrogen and oxygen atoms in total. The summed E-state index contributed by atoms with van der Waals surface area (Å²) in [4.78, 5) is 14.4. The van der Waals surface area contributed by atoms with Gasteiger partial charge in [-0.3, -0.25) is 15.0 Å². The Balaban J connectivity index is 2.16. The van der Waals surface area contributed by atoms with Crippen LogP contribution in [-0.2, 0) is 6.54 Å². The van der Waals surface area contributed by atoms with Crippen molar-refractivity contribution in [2.24, 2.45) is 0 Å². The van der Waals surface area contributed by atoms with E-state index < -0.39 is 0 Å². The normalized spacial score (nSPS) is 10.5. The van der Waals surface area contributed by atoms with Crippen LogP contribution in [0.5, 0.6) is 0 Å². The average molecular weight is 307 g/mol. The van der Waals surface area contributed by atoms with E-state index >= 15 is 0 Å². The maximum absolute atomic E-state index is 13.9. The van der Waals surface area contributed by atoms with Crippen LogP contribution in [0.4, 0.5) is 10.1 Å². The van der Waals surface area contributed by atoms with Gasteiger partial charge in [0.2, 0.25) is 0 Å². The van der Waals surface area contributed by atoms with Gasteiger partial charge in [-0.1, -0.05) is 0 Å². The topological polar surface area (TPSA) is 65.7 Å². The highest BCUT2D eigenvalue weighted by molar-refractivity contribution is 5.96. The number of benzene rings is 1. The van der Waals surface area contributed by atoms with E-state index in [1.807, 2.05) is 11.9 Å². The van der Waals surface area contributed by atoms with Crippen molar-refractivity contribution in [3.05, 3.63) is 59.6 Å². The molecule has 0 saturated carbocycles. The van der Waals surface area contributed by atoms with Gasteiger partial charge in [-0.25, -0.2) is 4.39 Å². The number of aryl methyl sites for hydroxylation is 1. The molecule has 2 aromatic heterocycles. The summed E-state index contributed by atoms with van der Waals surface area (Å²) in [6, 6.07) is 4.98. The maximum atomic E-state index is 13.9. The van der Waals surface area contributed by atoms with Gasteiger partial charge in [0.15, 0.2) is 0 Å². The Morgan fingerprint density at radius 3 is 2.74 bits per heavy atom. The molecule has 0 atom stereocenters. The predicted molar refractivity (Wildman–Crippen MR) is 85.3 cm³/mol. The van der Waals surface area contributed by atoms with Crippen LogP contribution in [0.15, 0.2) is 36.9 Å². The van der Waals surface area contributed by atoms with Crippen LogP contribution in [0.1, 0.15) is 16.8 Å². The fraction of sp³-hybridized carbons (Fsp3) is 0.176. The molecule has 0 fully saturated rings. The van der Waals surface area contributed by atoms with Gasteiger partial charge < -0.3 is 4.90 Å². The van der Waals surface area contributed by atoms with Crippen LogP contribution in [0, 0.1) is 24.1 Å². The predicted octanol–water partition coefficient (Wildman–Crippen LogP) is 2.98. The second kappa shape index (κ2) is 5.97. The van der Waals surface area contributed by atoms with Crippen LogP contribution in [0.2, 0.25) is 0 Å². The fourth-order valence-electron chi connectivity index (χ4n) is 2.65. The molecule has 0 unspecified atom stereocenters. The highest BCUT2D eigenvalue weighted by Crippen LogP contribution is 2.31. The number of nitrogens with zero attached hydrogens (tertiary/aromatic N) is 5. The summed E-state index contributed by atoms with van der Waals surface area (Å²) in [7, 11) is 1.84. The van der Waals surface area contributed by atoms with E-state index in [-0.39, 0.29) is 5.82 Å². The highest BCUT2D eigenvalue weighted by atomic mass is 19.1. The Kier molecular flexibility index (Phi) is 3.85. The van der Waals surface area contributed by atoms with Crippen LogP contribution in [0.3, 0.4) is 0 Å². The van der Waals surface area contributed by atoms with Gasteiger partial charge in [0.25, 0.3) is 0 Å². The average Bonchev–Trinajstić information content (AvgIpc) is 2.54. The van der Waals surface area contributed by atoms with Gasteiger partial charge in [-0.2, -0.15) is 5.26 Å². The van der Waals surface area contributed by atoms with Crippen molar-refractivity contribution in [2.45, 2.75) is 13.5 Å². The van der Waals surface area contributed by atoms with E-state index in [0.717, 1.165) is 11.3 Å². The monoisotopic (exact) mass is 307 g/mol. The molecule has 3 rings (SSSR count). The molecule has 0 saturated heterocycles. The number of rotatable bonds is 3. The van der Waals surface area contributed by atoms with Gasteiger partial charge in [0, 0.05) is 31.0 Å². The second-order valence-electron chi connectivity index (χ2n) is 5.30. The summed E-state index contributed by atoms with van der Waals surface area (Å²) in [6.07, 6.45) is 6.40. The molecule has 3 aromatic rings. The van der Waals surface area contributed by atoms with Gasteiger partial charge in [-0.05, 0) is 24.6 Å². The quantitative estimate of drug-likeness (QED) is 0.744. The Morgan fingerprint density at radius 1 is 1.22 bits per heavy atom. The number of anilines is 1. The lowest BCUT2D eigenvalue weighted by atomic mass is 10.1. The van der Waals surface area contributed by atoms with E-state index in [1.165, 1.54) is 18.3 Å². The van der Waals surface area contributed by atoms with Crippen LogP contribution in [0.25, 0.3) is 10.9 Å². The van der Waals surface area contributed by atoms with Crippen molar-refractivity contribution < 1.29 is 4.39 Å². The Morgan fingerprint density at radius 2 is 2.04 bits per heavy atom. The lowest BCUT2D eigenvalue weighted by molar-refractivity contribution is 0.628. The third-order valence-corrected chi connectivity index (χ3v) is 3.62. The van der Waals surface area contributed by atoms with Crippen molar-refractivity contribution >= 4 is 16.6 Å². The highest BCUT2D eigenvalue weighted by Gasteiger charge is 2.16. The summed E-state index contributed by atoms with van der Waals surface area (Å²) in [5, 5.41) is 10.0. The van der Waals surface area contributed by atoms with Gasteiger partial charge in [0.05, 0.1) is 35.2 Å². The van der Waals surface area contributed by atoms with Crippen molar-refractivity contribution in [3.63, 3.8) is 0 Å². The van der Waals surface area contributed by atoms with E-state index in [1.54, 1.807) is 25.5 Å². The number of hydrogen-bond donors (Lipinski definition) is 0. The number of hydrogen-bond acceptors (Lipinski definition) is 5. The van der Waals surface area contributed by atoms with Crippen molar-refractivity contribution in [3.8, 4) is 6.07 Å². The summed E-state index contributed by atoms with van der Waals surface area (Å²) >= 11 is 0. The number of aromatic nitrogens is 3. The number of halogens is 1. The van der Waals surface area contributed by atoms with Gasteiger partial charge >= 0.3 is 0 Å². The summed E-state index contributed by atoms with van der Waals surface area (Å²) in [5.41, 5.74) is 3.22. The molecule has 0 radical (unpaired) electrons. The lowest BCUT2D eigenvalue weighted by Crippen LogP contribution is -2.19. The molecular formula is C17H14FN5. The molecule has 0 spiro atoms. The molecule has 0 aliphatic carbocycles. The van der Waals surface area contributed by atoms with Crippen LogP contribution < -0.4 is 4.90 Å². The molecule has 0 bridgehead atoms. The molecule has 23 heavy (non-hydrogen) atoms. The molecule has 0 aliphatic rings. The van der Waals surface area contributed by atoms with Crippen LogP contribution >= 0.6 is 0 Å². The molecule has 0 N–H and O–H groups in total. The molecular weight excluding hydrogens is 293 g/mol. The van der Waals surface area contributed by atoms with Crippen molar-refractivity contribution in [1.29, 1.82) is 5.26 Å². The third kappa shape index (κ3) is 2.81. The smallest absolute Gasteiger partial charge is 0.124 e. The molecule has 0 amide bonds. The first-order chi connectivity index (χ1) is 11.1. The Hall–Kier alpha value is -3.07. The van der Waals surface area contributed by atoms with Gasteiger partial charge in [0.1, 0.15) is 11.9 Å². The Bertz CT molecular complexity index is 902. The summed E-state index contributed by atoms with van der Waals surface area (Å²) in [6.45, 7) is 2.26. The second-order valence-corrected chi connectivity index (χ2v) is 5.30. The summed E-state index contributed by atoms with van der Waals surface area (Å²) < 4.78 is 13.9. The van der Waals surface area contributed by atoms with Crippen molar-refractivity contribution in [2.75, 3.05) is 11.9 Å². The molecule has 6 heteroatoms. The largest absolute Gasteiger partial charge is 0.367 e. The van der Waals surface area contributed by atoms with Crippen LogP contribution in [-0.4, -0.2) is 22.0 Å². The zero-order valence-electron chi connectivity index (χ0n) is 12.8. The minimum atomic E-state index is -0.346. The molecule has 2 heterocycles. The number of pyridine rings is 1. The summed E-state index contributed by atoms with van der Waals surface area (Å²) in [5.74, 6) is -0.346. The SMILES string of the molecule is Cc1cc(F)cc2c(N(C)Cc3cnccn3)c(C#N)cnc12.